The molecule has 0 saturated heterocycles. The molecule has 0 fully saturated rings. The molecule has 0 spiro atoms. The molecule has 3 aromatic rings. The number of hydrogen-bond donors (Lipinski definition) is 1. The van der Waals surface area contributed by atoms with Crippen LogP contribution in [0.1, 0.15) is 36.2 Å². The first-order valence-electron chi connectivity index (χ1n) is 10.3. The van der Waals surface area contributed by atoms with Gasteiger partial charge in [-0.15, -0.1) is 0 Å². The number of nitrogens with one attached hydrogen (secondary N) is 1. The first kappa shape index (κ1) is 22.8. The predicted molar refractivity (Wildman–Crippen MR) is 123 cm³/mol. The average molecular weight is 438 g/mol. The van der Waals surface area contributed by atoms with Gasteiger partial charge in [0.25, 0.3) is 11.5 Å². The molecule has 0 aliphatic rings. The number of aromatic nitrogens is 2. The molecule has 0 radical (unpaired) electrons. The summed E-state index contributed by atoms with van der Waals surface area (Å²) in [5, 5.41) is 8.07. The minimum absolute atomic E-state index is 0.153. The van der Waals surface area contributed by atoms with Crippen molar-refractivity contribution in [3.8, 4) is 5.69 Å². The van der Waals surface area contributed by atoms with E-state index >= 15 is 0 Å². The fraction of sp³-hybridized carbons (Fsp3) is 0.292. The van der Waals surface area contributed by atoms with Crippen LogP contribution in [0, 0.1) is 6.92 Å². The number of ether oxygens (including phenoxy) is 1. The SMILES string of the molecule is Cc1ccc(Sc2ccc(=O)n(-c3ccc(C(=O)NCCCOC(C)C)cc3)n2)cc1. The zero-order chi connectivity index (χ0) is 22.2. The zero-order valence-electron chi connectivity index (χ0n) is 18.0. The second kappa shape index (κ2) is 10.9. The normalized spacial score (nSPS) is 11.0. The fourth-order valence-corrected chi connectivity index (χ4v) is 3.58. The first-order valence-corrected chi connectivity index (χ1v) is 11.1. The number of carbonyl (C=O) groups is 1. The van der Waals surface area contributed by atoms with E-state index in [-0.39, 0.29) is 17.6 Å². The maximum Gasteiger partial charge on any atom is 0.271 e. The van der Waals surface area contributed by atoms with Crippen LogP contribution in [-0.2, 0) is 4.74 Å². The molecule has 1 heterocycles. The van der Waals surface area contributed by atoms with Crippen molar-refractivity contribution in [3.05, 3.63) is 82.1 Å². The molecule has 162 valence electrons. The first-order chi connectivity index (χ1) is 14.9. The highest BCUT2D eigenvalue weighted by atomic mass is 32.2. The number of aryl methyl sites for hydroxylation is 1. The summed E-state index contributed by atoms with van der Waals surface area (Å²) in [5.41, 5.74) is 2.11. The average Bonchev–Trinajstić information content (AvgIpc) is 2.76. The van der Waals surface area contributed by atoms with E-state index in [9.17, 15) is 9.59 Å². The lowest BCUT2D eigenvalue weighted by atomic mass is 10.2. The molecule has 0 saturated carbocycles. The van der Waals surface area contributed by atoms with Gasteiger partial charge in [-0.1, -0.05) is 29.5 Å². The van der Waals surface area contributed by atoms with Gasteiger partial charge in [-0.05, 0) is 69.7 Å². The Morgan fingerprint density at radius 3 is 2.45 bits per heavy atom. The van der Waals surface area contributed by atoms with Gasteiger partial charge in [-0.2, -0.15) is 9.78 Å². The largest absolute Gasteiger partial charge is 0.379 e. The van der Waals surface area contributed by atoms with Gasteiger partial charge in [0.2, 0.25) is 0 Å². The van der Waals surface area contributed by atoms with Gasteiger partial charge in [0.15, 0.2) is 0 Å². The molecule has 0 unspecified atom stereocenters. The summed E-state index contributed by atoms with van der Waals surface area (Å²) in [4.78, 5) is 25.7. The van der Waals surface area contributed by atoms with E-state index < -0.39 is 0 Å². The number of nitrogens with zero attached hydrogens (tertiary/aromatic N) is 2. The molecule has 1 amide bonds. The van der Waals surface area contributed by atoms with Crippen LogP contribution in [0.5, 0.6) is 0 Å². The van der Waals surface area contributed by atoms with Gasteiger partial charge in [0, 0.05) is 29.7 Å². The van der Waals surface area contributed by atoms with E-state index in [2.05, 4.69) is 10.4 Å². The van der Waals surface area contributed by atoms with E-state index in [4.69, 9.17) is 4.74 Å². The van der Waals surface area contributed by atoms with E-state index in [1.807, 2.05) is 45.0 Å². The zero-order valence-corrected chi connectivity index (χ0v) is 18.8. The van der Waals surface area contributed by atoms with Gasteiger partial charge >= 0.3 is 0 Å². The van der Waals surface area contributed by atoms with Crippen LogP contribution in [0.3, 0.4) is 0 Å². The van der Waals surface area contributed by atoms with Gasteiger partial charge in [-0.3, -0.25) is 9.59 Å². The molecule has 0 aliphatic carbocycles. The monoisotopic (exact) mass is 437 g/mol. The lowest BCUT2D eigenvalue weighted by molar-refractivity contribution is 0.0757. The molecule has 6 nitrogen and oxygen atoms in total. The molecule has 0 atom stereocenters. The summed E-state index contributed by atoms with van der Waals surface area (Å²) < 4.78 is 6.81. The predicted octanol–water partition coefficient (Wildman–Crippen LogP) is 4.24. The second-order valence-electron chi connectivity index (χ2n) is 7.41. The van der Waals surface area contributed by atoms with Crippen LogP contribution in [0.15, 0.2) is 75.4 Å². The summed E-state index contributed by atoms with van der Waals surface area (Å²) in [6.45, 7) is 7.17. The van der Waals surface area contributed by atoms with Gasteiger partial charge < -0.3 is 10.1 Å². The Morgan fingerprint density at radius 2 is 1.77 bits per heavy atom. The Kier molecular flexibility index (Phi) is 8.03. The number of amides is 1. The number of rotatable bonds is 9. The molecule has 1 aromatic heterocycles. The summed E-state index contributed by atoms with van der Waals surface area (Å²) >= 11 is 1.49. The maximum atomic E-state index is 12.3. The maximum absolute atomic E-state index is 12.3. The topological polar surface area (TPSA) is 73.2 Å². The Labute approximate surface area is 186 Å². The van der Waals surface area contributed by atoms with Gasteiger partial charge in [0.1, 0.15) is 5.03 Å². The lowest BCUT2D eigenvalue weighted by Crippen LogP contribution is -2.25. The standard InChI is InChI=1S/C24H27N3O3S/c1-17(2)30-16-4-15-25-24(29)19-7-9-20(10-8-19)27-23(28)14-13-22(26-27)31-21-11-5-18(3)6-12-21/h5-14,17H,4,15-16H2,1-3H3,(H,25,29). The van der Waals surface area contributed by atoms with E-state index in [0.29, 0.717) is 29.4 Å². The van der Waals surface area contributed by atoms with Gasteiger partial charge in [0.05, 0.1) is 11.8 Å². The molecule has 31 heavy (non-hydrogen) atoms. The molecule has 3 rings (SSSR count). The van der Waals surface area contributed by atoms with Crippen molar-refractivity contribution in [1.29, 1.82) is 0 Å². The van der Waals surface area contributed by atoms with Crippen molar-refractivity contribution in [1.82, 2.24) is 15.1 Å². The molecule has 2 aromatic carbocycles. The molecule has 7 heteroatoms. The van der Waals surface area contributed by atoms with Crippen LogP contribution < -0.4 is 10.9 Å². The summed E-state index contributed by atoms with van der Waals surface area (Å²) in [5.74, 6) is -0.153. The van der Waals surface area contributed by atoms with Crippen molar-refractivity contribution in [2.45, 2.75) is 43.2 Å². The summed E-state index contributed by atoms with van der Waals surface area (Å²) in [6.07, 6.45) is 0.946. The van der Waals surface area contributed by atoms with E-state index in [0.717, 1.165) is 11.3 Å². The summed E-state index contributed by atoms with van der Waals surface area (Å²) in [6, 6.07) is 18.2. The molecular weight excluding hydrogens is 410 g/mol. The quantitative estimate of drug-likeness (QED) is 0.507. The van der Waals surface area contributed by atoms with Crippen molar-refractivity contribution in [2.24, 2.45) is 0 Å². The molecule has 0 aliphatic heterocycles. The van der Waals surface area contributed by atoms with Crippen molar-refractivity contribution in [2.75, 3.05) is 13.2 Å². The van der Waals surface area contributed by atoms with Crippen molar-refractivity contribution >= 4 is 17.7 Å². The van der Waals surface area contributed by atoms with Crippen molar-refractivity contribution in [3.63, 3.8) is 0 Å². The van der Waals surface area contributed by atoms with Crippen LogP contribution in [-0.4, -0.2) is 34.9 Å². The number of hydrogen-bond acceptors (Lipinski definition) is 5. The van der Waals surface area contributed by atoms with Crippen LogP contribution in [0.25, 0.3) is 5.69 Å². The molecule has 0 bridgehead atoms. The lowest BCUT2D eigenvalue weighted by Gasteiger charge is -2.09. The smallest absolute Gasteiger partial charge is 0.271 e. The van der Waals surface area contributed by atoms with Crippen LogP contribution in [0.4, 0.5) is 0 Å². The third-order valence-electron chi connectivity index (χ3n) is 4.45. The highest BCUT2D eigenvalue weighted by Gasteiger charge is 2.08. The highest BCUT2D eigenvalue weighted by Crippen LogP contribution is 2.25. The van der Waals surface area contributed by atoms with E-state index in [1.165, 1.54) is 28.1 Å². The minimum atomic E-state index is -0.226. The van der Waals surface area contributed by atoms with Crippen LogP contribution >= 0.6 is 11.8 Å². The number of benzene rings is 2. The Hall–Kier alpha value is -2.90. The third-order valence-corrected chi connectivity index (χ3v) is 5.39. The number of carbonyl (C=O) groups excluding carboxylic acids is 1. The Bertz CT molecular complexity index is 1060. The third kappa shape index (κ3) is 6.80. The summed E-state index contributed by atoms with van der Waals surface area (Å²) in [7, 11) is 0. The van der Waals surface area contributed by atoms with Crippen LogP contribution in [0.2, 0.25) is 0 Å². The Morgan fingerprint density at radius 1 is 1.06 bits per heavy atom. The minimum Gasteiger partial charge on any atom is -0.379 e. The van der Waals surface area contributed by atoms with E-state index in [1.54, 1.807) is 30.3 Å². The van der Waals surface area contributed by atoms with Gasteiger partial charge in [-0.25, -0.2) is 0 Å². The molecular formula is C24H27N3O3S. The Balaban J connectivity index is 1.65. The van der Waals surface area contributed by atoms with Crippen molar-refractivity contribution < 1.29 is 9.53 Å². The second-order valence-corrected chi connectivity index (χ2v) is 8.51. The fourth-order valence-electron chi connectivity index (χ4n) is 2.81. The molecule has 1 N–H and O–H groups in total. The highest BCUT2D eigenvalue weighted by molar-refractivity contribution is 7.99.